The minimum Gasteiger partial charge on any atom is -0.467 e. The molecule has 0 aliphatic rings. The van der Waals surface area contributed by atoms with Crippen molar-refractivity contribution >= 4 is 17.3 Å². The van der Waals surface area contributed by atoms with Gasteiger partial charge in [-0.25, -0.2) is 0 Å². The maximum atomic E-state index is 11.9. The number of hydrogen-bond acceptors (Lipinski definition) is 6. The third kappa shape index (κ3) is 3.86. The molecule has 2 aromatic rings. The zero-order chi connectivity index (χ0) is 15.4. The van der Waals surface area contributed by atoms with Crippen LogP contribution in [0.25, 0.3) is 0 Å². The quantitative estimate of drug-likeness (QED) is 0.644. The standard InChI is InChI=1S/C12H9N3O6.H2O/c16-12(13-7-11-2-1-3-21-11)8-4-9(14(17)18)6-10(5-8)15(19)20;/h1-6H,7H2,(H,13,16);1H2. The number of non-ortho nitro benzene ring substituents is 2. The van der Waals surface area contributed by atoms with Gasteiger partial charge in [-0.1, -0.05) is 0 Å². The fraction of sp³-hybridized carbons (Fsp3) is 0.0833. The third-order valence-electron chi connectivity index (χ3n) is 2.59. The van der Waals surface area contributed by atoms with Crippen molar-refractivity contribution in [2.24, 2.45) is 0 Å². The summed E-state index contributed by atoms with van der Waals surface area (Å²) in [5, 5.41) is 23.9. The van der Waals surface area contributed by atoms with Crippen LogP contribution in [0.2, 0.25) is 0 Å². The van der Waals surface area contributed by atoms with E-state index in [2.05, 4.69) is 5.32 Å². The lowest BCUT2D eigenvalue weighted by atomic mass is 10.1. The van der Waals surface area contributed by atoms with E-state index in [9.17, 15) is 25.0 Å². The van der Waals surface area contributed by atoms with Gasteiger partial charge in [0.1, 0.15) is 5.76 Å². The number of nitro benzene ring substituents is 2. The molecular formula is C12H11N3O7. The molecule has 1 amide bonds. The fourth-order valence-corrected chi connectivity index (χ4v) is 1.62. The second-order valence-corrected chi connectivity index (χ2v) is 4.01. The topological polar surface area (TPSA) is 160 Å². The summed E-state index contributed by atoms with van der Waals surface area (Å²) in [6.07, 6.45) is 1.43. The maximum absolute atomic E-state index is 11.9. The zero-order valence-corrected chi connectivity index (χ0v) is 11.0. The number of amides is 1. The first-order chi connectivity index (χ1) is 9.97. The van der Waals surface area contributed by atoms with Crippen LogP contribution in [0.5, 0.6) is 0 Å². The fourth-order valence-electron chi connectivity index (χ4n) is 1.62. The molecule has 0 saturated heterocycles. The average Bonchev–Trinajstić information content (AvgIpc) is 2.97. The van der Waals surface area contributed by atoms with E-state index in [1.54, 1.807) is 12.1 Å². The number of rotatable bonds is 5. The van der Waals surface area contributed by atoms with Crippen molar-refractivity contribution in [1.82, 2.24) is 5.32 Å². The highest BCUT2D eigenvalue weighted by molar-refractivity contribution is 5.95. The minimum atomic E-state index is -0.795. The molecule has 0 atom stereocenters. The van der Waals surface area contributed by atoms with Crippen molar-refractivity contribution in [3.63, 3.8) is 0 Å². The summed E-state index contributed by atoms with van der Waals surface area (Å²) in [7, 11) is 0. The molecular weight excluding hydrogens is 298 g/mol. The van der Waals surface area contributed by atoms with Gasteiger partial charge in [0.25, 0.3) is 17.3 Å². The van der Waals surface area contributed by atoms with E-state index in [1.165, 1.54) is 6.26 Å². The first-order valence-corrected chi connectivity index (χ1v) is 5.72. The second kappa shape index (κ2) is 6.95. The molecule has 0 saturated carbocycles. The smallest absolute Gasteiger partial charge is 0.277 e. The molecule has 10 nitrogen and oxygen atoms in total. The molecule has 1 aromatic heterocycles. The Hall–Kier alpha value is -3.27. The molecule has 2 rings (SSSR count). The highest BCUT2D eigenvalue weighted by atomic mass is 16.6. The summed E-state index contributed by atoms with van der Waals surface area (Å²) < 4.78 is 5.01. The molecule has 116 valence electrons. The van der Waals surface area contributed by atoms with Gasteiger partial charge in [0.05, 0.1) is 34.3 Å². The summed E-state index contributed by atoms with van der Waals surface area (Å²) in [6, 6.07) is 6.02. The highest BCUT2D eigenvalue weighted by Crippen LogP contribution is 2.22. The highest BCUT2D eigenvalue weighted by Gasteiger charge is 2.19. The lowest BCUT2D eigenvalue weighted by Crippen LogP contribution is -2.22. The predicted octanol–water partition coefficient (Wildman–Crippen LogP) is 1.20. The van der Waals surface area contributed by atoms with Crippen molar-refractivity contribution in [1.29, 1.82) is 0 Å². The van der Waals surface area contributed by atoms with Crippen molar-refractivity contribution in [3.8, 4) is 0 Å². The van der Waals surface area contributed by atoms with Crippen molar-refractivity contribution < 1.29 is 24.5 Å². The third-order valence-corrected chi connectivity index (χ3v) is 2.59. The molecule has 0 fully saturated rings. The normalized spacial score (nSPS) is 9.64. The first kappa shape index (κ1) is 16.8. The Morgan fingerprint density at radius 2 is 1.73 bits per heavy atom. The summed E-state index contributed by atoms with van der Waals surface area (Å²) in [4.78, 5) is 31.8. The van der Waals surface area contributed by atoms with Gasteiger partial charge in [-0.05, 0) is 12.1 Å². The number of carbonyl (C=O) groups excluding carboxylic acids is 1. The molecule has 0 aliphatic heterocycles. The Bertz CT molecular complexity index is 665. The average molecular weight is 309 g/mol. The van der Waals surface area contributed by atoms with E-state index in [0.29, 0.717) is 5.76 Å². The molecule has 0 radical (unpaired) electrons. The van der Waals surface area contributed by atoms with E-state index in [-0.39, 0.29) is 17.6 Å². The van der Waals surface area contributed by atoms with Crippen LogP contribution >= 0.6 is 0 Å². The van der Waals surface area contributed by atoms with Gasteiger partial charge in [-0.15, -0.1) is 0 Å². The molecule has 22 heavy (non-hydrogen) atoms. The molecule has 10 heteroatoms. The molecule has 3 N–H and O–H groups in total. The van der Waals surface area contributed by atoms with Gasteiger partial charge in [0.2, 0.25) is 0 Å². The Labute approximate surface area is 123 Å². The van der Waals surface area contributed by atoms with Crippen molar-refractivity contribution in [2.45, 2.75) is 6.54 Å². The van der Waals surface area contributed by atoms with Gasteiger partial charge < -0.3 is 15.2 Å². The summed E-state index contributed by atoms with van der Waals surface area (Å²) in [5.41, 5.74) is -1.21. The van der Waals surface area contributed by atoms with Crippen LogP contribution in [0, 0.1) is 20.2 Å². The Morgan fingerprint density at radius 3 is 2.18 bits per heavy atom. The lowest BCUT2D eigenvalue weighted by molar-refractivity contribution is -0.394. The van der Waals surface area contributed by atoms with Crippen LogP contribution in [-0.2, 0) is 6.54 Å². The van der Waals surface area contributed by atoms with Crippen LogP contribution in [0.1, 0.15) is 16.1 Å². The molecule has 0 unspecified atom stereocenters. The second-order valence-electron chi connectivity index (χ2n) is 4.01. The van der Waals surface area contributed by atoms with E-state index in [4.69, 9.17) is 4.42 Å². The summed E-state index contributed by atoms with van der Waals surface area (Å²) in [6.45, 7) is 0.0717. The molecule has 0 spiro atoms. The number of nitrogens with one attached hydrogen (secondary N) is 1. The predicted molar refractivity (Wildman–Crippen MR) is 73.2 cm³/mol. The number of hydrogen-bond donors (Lipinski definition) is 1. The minimum absolute atomic E-state index is 0. The lowest BCUT2D eigenvalue weighted by Gasteiger charge is -2.03. The van der Waals surface area contributed by atoms with E-state index in [1.807, 2.05) is 0 Å². The van der Waals surface area contributed by atoms with Crippen molar-refractivity contribution in [3.05, 3.63) is 68.1 Å². The maximum Gasteiger partial charge on any atom is 0.277 e. The number of furan rings is 1. The Morgan fingerprint density at radius 1 is 1.14 bits per heavy atom. The van der Waals surface area contributed by atoms with E-state index in [0.717, 1.165) is 18.2 Å². The van der Waals surface area contributed by atoms with E-state index < -0.39 is 27.1 Å². The van der Waals surface area contributed by atoms with Gasteiger partial charge in [0.15, 0.2) is 0 Å². The van der Waals surface area contributed by atoms with Crippen LogP contribution in [0.3, 0.4) is 0 Å². The molecule has 0 aliphatic carbocycles. The molecule has 0 bridgehead atoms. The van der Waals surface area contributed by atoms with Crippen LogP contribution in [-0.4, -0.2) is 21.2 Å². The van der Waals surface area contributed by atoms with Gasteiger partial charge in [-0.2, -0.15) is 0 Å². The Kier molecular flexibility index (Phi) is 5.30. The van der Waals surface area contributed by atoms with Crippen LogP contribution < -0.4 is 5.32 Å². The van der Waals surface area contributed by atoms with Crippen molar-refractivity contribution in [2.75, 3.05) is 0 Å². The van der Waals surface area contributed by atoms with Crippen LogP contribution in [0.4, 0.5) is 11.4 Å². The Balaban J connectivity index is 0.00000242. The number of carbonyl (C=O) groups is 1. The largest absolute Gasteiger partial charge is 0.467 e. The summed E-state index contributed by atoms with van der Waals surface area (Å²) >= 11 is 0. The van der Waals surface area contributed by atoms with Gasteiger partial charge in [0, 0.05) is 12.1 Å². The number of nitro groups is 2. The van der Waals surface area contributed by atoms with Crippen LogP contribution in [0.15, 0.2) is 41.0 Å². The summed E-state index contributed by atoms with van der Waals surface area (Å²) in [5.74, 6) is -0.179. The van der Waals surface area contributed by atoms with Gasteiger partial charge >= 0.3 is 0 Å². The number of nitrogens with zero attached hydrogens (tertiary/aromatic N) is 2. The molecule has 1 heterocycles. The monoisotopic (exact) mass is 309 g/mol. The number of benzene rings is 1. The van der Waals surface area contributed by atoms with Gasteiger partial charge in [-0.3, -0.25) is 25.0 Å². The first-order valence-electron chi connectivity index (χ1n) is 5.72. The molecule has 1 aromatic carbocycles. The SMILES string of the molecule is O.O=C(NCc1ccco1)c1cc([N+](=O)[O-])cc([N+](=O)[O-])c1. The zero-order valence-electron chi connectivity index (χ0n) is 11.0. The van der Waals surface area contributed by atoms with E-state index >= 15 is 0 Å².